The van der Waals surface area contributed by atoms with Gasteiger partial charge < -0.3 is 15.0 Å². The van der Waals surface area contributed by atoms with Crippen molar-refractivity contribution >= 4 is 43.5 Å². The Balaban J connectivity index is 1.99. The van der Waals surface area contributed by atoms with Gasteiger partial charge in [0, 0.05) is 17.6 Å². The lowest BCUT2D eigenvalue weighted by molar-refractivity contribution is -0.139. The number of hydrogen-bond acceptors (Lipinski definition) is 5. The zero-order chi connectivity index (χ0) is 29.3. The molecule has 0 saturated heterocycles. The molecule has 0 aliphatic carbocycles. The lowest BCUT2D eigenvalue weighted by atomic mass is 10.1. The number of rotatable bonds is 13. The lowest BCUT2D eigenvalue weighted by Crippen LogP contribution is -2.51. The van der Waals surface area contributed by atoms with Crippen LogP contribution < -0.4 is 14.4 Å². The molecule has 3 aromatic carbocycles. The summed E-state index contributed by atoms with van der Waals surface area (Å²) < 4.78 is 34.9. The Morgan fingerprint density at radius 2 is 1.60 bits per heavy atom. The van der Waals surface area contributed by atoms with E-state index >= 15 is 0 Å². The van der Waals surface area contributed by atoms with Crippen molar-refractivity contribution in [3.05, 3.63) is 88.4 Å². The van der Waals surface area contributed by atoms with E-state index in [2.05, 4.69) is 21.2 Å². The predicted octanol–water partition coefficient (Wildman–Crippen LogP) is 5.30. The highest BCUT2D eigenvalue weighted by Gasteiger charge is 2.32. The van der Waals surface area contributed by atoms with Gasteiger partial charge in [-0.2, -0.15) is 0 Å². The van der Waals surface area contributed by atoms with Crippen molar-refractivity contribution in [3.63, 3.8) is 0 Å². The molecule has 10 heteroatoms. The van der Waals surface area contributed by atoms with E-state index < -0.39 is 28.5 Å². The topological polar surface area (TPSA) is 96.0 Å². The van der Waals surface area contributed by atoms with Gasteiger partial charge in [-0.1, -0.05) is 59.1 Å². The number of ether oxygens (including phenoxy) is 1. The van der Waals surface area contributed by atoms with Gasteiger partial charge in [0.1, 0.15) is 18.3 Å². The SMILES string of the molecule is CCCCNC(=O)[C@H](C)N(Cc1ccc(Br)cc1)C(=O)CN(c1ccc(C)cc1)S(=O)(=O)c1ccc(OC)cc1. The Labute approximate surface area is 245 Å². The number of nitrogens with one attached hydrogen (secondary N) is 1. The Morgan fingerprint density at radius 1 is 0.975 bits per heavy atom. The normalized spacial score (nSPS) is 11.9. The van der Waals surface area contributed by atoms with Gasteiger partial charge in [-0.15, -0.1) is 0 Å². The van der Waals surface area contributed by atoms with Crippen molar-refractivity contribution in [3.8, 4) is 5.75 Å². The molecule has 0 radical (unpaired) electrons. The van der Waals surface area contributed by atoms with Crippen LogP contribution in [0.3, 0.4) is 0 Å². The van der Waals surface area contributed by atoms with E-state index in [0.29, 0.717) is 18.0 Å². The minimum absolute atomic E-state index is 0.0199. The third-order valence-electron chi connectivity index (χ3n) is 6.51. The van der Waals surface area contributed by atoms with Gasteiger partial charge >= 0.3 is 0 Å². The van der Waals surface area contributed by atoms with E-state index in [0.717, 1.165) is 32.7 Å². The van der Waals surface area contributed by atoms with Crippen molar-refractivity contribution < 1.29 is 22.7 Å². The molecule has 0 bridgehead atoms. The van der Waals surface area contributed by atoms with Crippen LogP contribution in [0.25, 0.3) is 0 Å². The zero-order valence-electron chi connectivity index (χ0n) is 23.3. The van der Waals surface area contributed by atoms with E-state index in [-0.39, 0.29) is 17.3 Å². The highest BCUT2D eigenvalue weighted by molar-refractivity contribution is 9.10. The van der Waals surface area contributed by atoms with Crippen LogP contribution in [0.15, 0.2) is 82.2 Å². The summed E-state index contributed by atoms with van der Waals surface area (Å²) in [6.45, 7) is 5.74. The highest BCUT2D eigenvalue weighted by atomic mass is 79.9. The fourth-order valence-electron chi connectivity index (χ4n) is 4.02. The number of methoxy groups -OCH3 is 1. The largest absolute Gasteiger partial charge is 0.497 e. The summed E-state index contributed by atoms with van der Waals surface area (Å²) in [5.41, 5.74) is 2.11. The Kier molecular flexibility index (Phi) is 11.2. The van der Waals surface area contributed by atoms with Crippen LogP contribution in [0.2, 0.25) is 0 Å². The number of halogens is 1. The lowest BCUT2D eigenvalue weighted by Gasteiger charge is -2.32. The minimum Gasteiger partial charge on any atom is -0.497 e. The number of benzene rings is 3. The molecular formula is C30H36BrN3O5S. The van der Waals surface area contributed by atoms with Gasteiger partial charge in [-0.05, 0) is 74.4 Å². The number of carbonyl (C=O) groups excluding carboxylic acids is 2. The molecule has 0 fully saturated rings. The van der Waals surface area contributed by atoms with E-state index in [1.54, 1.807) is 43.3 Å². The fraction of sp³-hybridized carbons (Fsp3) is 0.333. The minimum atomic E-state index is -4.14. The first-order valence-corrected chi connectivity index (χ1v) is 15.3. The first-order chi connectivity index (χ1) is 19.1. The van der Waals surface area contributed by atoms with E-state index in [1.165, 1.54) is 24.1 Å². The summed E-state index contributed by atoms with van der Waals surface area (Å²) in [6, 6.07) is 19.6. The second-order valence-electron chi connectivity index (χ2n) is 9.49. The quantitative estimate of drug-likeness (QED) is 0.259. The first-order valence-electron chi connectivity index (χ1n) is 13.1. The van der Waals surface area contributed by atoms with Crippen LogP contribution in [0.4, 0.5) is 5.69 Å². The molecule has 3 rings (SSSR count). The molecule has 0 aliphatic heterocycles. The van der Waals surface area contributed by atoms with E-state index in [1.807, 2.05) is 38.1 Å². The van der Waals surface area contributed by atoms with Crippen LogP contribution >= 0.6 is 15.9 Å². The van der Waals surface area contributed by atoms with Crippen LogP contribution in [-0.2, 0) is 26.2 Å². The summed E-state index contributed by atoms with van der Waals surface area (Å²) in [5.74, 6) is -0.280. The van der Waals surface area contributed by atoms with Crippen LogP contribution in [-0.4, -0.2) is 51.4 Å². The second-order valence-corrected chi connectivity index (χ2v) is 12.3. The monoisotopic (exact) mass is 629 g/mol. The van der Waals surface area contributed by atoms with Crippen LogP contribution in [0, 0.1) is 6.92 Å². The molecule has 0 heterocycles. The molecule has 214 valence electrons. The molecule has 0 saturated carbocycles. The van der Waals surface area contributed by atoms with Crippen LogP contribution in [0.5, 0.6) is 5.75 Å². The maximum Gasteiger partial charge on any atom is 0.264 e. The van der Waals surface area contributed by atoms with Gasteiger partial charge in [0.25, 0.3) is 10.0 Å². The Morgan fingerprint density at radius 3 is 2.17 bits per heavy atom. The molecule has 40 heavy (non-hydrogen) atoms. The summed E-state index contributed by atoms with van der Waals surface area (Å²) in [7, 11) is -2.64. The van der Waals surface area contributed by atoms with Crippen molar-refractivity contribution in [2.24, 2.45) is 0 Å². The van der Waals surface area contributed by atoms with E-state index in [4.69, 9.17) is 4.74 Å². The smallest absolute Gasteiger partial charge is 0.264 e. The molecule has 2 amide bonds. The molecule has 0 aliphatic rings. The molecule has 0 unspecified atom stereocenters. The molecule has 8 nitrogen and oxygen atoms in total. The maximum absolute atomic E-state index is 13.9. The third kappa shape index (κ3) is 8.08. The number of anilines is 1. The Bertz CT molecular complexity index is 1380. The third-order valence-corrected chi connectivity index (χ3v) is 8.83. The molecule has 0 spiro atoms. The summed E-state index contributed by atoms with van der Waals surface area (Å²) >= 11 is 3.42. The van der Waals surface area contributed by atoms with Gasteiger partial charge in [-0.3, -0.25) is 13.9 Å². The standard InChI is InChI=1S/C30H36BrN3O5S/c1-5-6-19-32-30(36)23(3)33(20-24-9-11-25(31)12-10-24)29(35)21-34(26-13-7-22(2)8-14-26)40(37,38)28-17-15-27(39-4)16-18-28/h7-18,23H,5-6,19-21H2,1-4H3,(H,32,36)/t23-/m0/s1. The Hall–Kier alpha value is -3.37. The summed E-state index contributed by atoms with van der Waals surface area (Å²) in [5, 5.41) is 2.89. The molecule has 0 aromatic heterocycles. The number of carbonyl (C=O) groups is 2. The fourth-order valence-corrected chi connectivity index (χ4v) is 5.70. The summed E-state index contributed by atoms with van der Waals surface area (Å²) in [4.78, 5) is 28.4. The number of nitrogens with zero attached hydrogens (tertiary/aromatic N) is 2. The maximum atomic E-state index is 13.9. The highest BCUT2D eigenvalue weighted by Crippen LogP contribution is 2.26. The van der Waals surface area contributed by atoms with Crippen molar-refractivity contribution in [2.45, 2.75) is 51.1 Å². The molecule has 3 aromatic rings. The predicted molar refractivity (Wildman–Crippen MR) is 161 cm³/mol. The molecule has 1 atom stereocenters. The van der Waals surface area contributed by atoms with Crippen molar-refractivity contribution in [1.82, 2.24) is 10.2 Å². The number of hydrogen-bond donors (Lipinski definition) is 1. The van der Waals surface area contributed by atoms with Crippen molar-refractivity contribution in [1.29, 1.82) is 0 Å². The molecule has 1 N–H and O–H groups in total. The number of aryl methyl sites for hydroxylation is 1. The van der Waals surface area contributed by atoms with Gasteiger partial charge in [0.15, 0.2) is 0 Å². The first kappa shape index (κ1) is 31.2. The summed E-state index contributed by atoms with van der Waals surface area (Å²) in [6.07, 6.45) is 1.74. The zero-order valence-corrected chi connectivity index (χ0v) is 25.7. The van der Waals surface area contributed by atoms with Crippen molar-refractivity contribution in [2.75, 3.05) is 24.5 Å². The van der Waals surface area contributed by atoms with Gasteiger partial charge in [0.2, 0.25) is 11.8 Å². The van der Waals surface area contributed by atoms with Gasteiger partial charge in [-0.25, -0.2) is 8.42 Å². The van der Waals surface area contributed by atoms with Gasteiger partial charge in [0.05, 0.1) is 17.7 Å². The average molecular weight is 631 g/mol. The second kappa shape index (κ2) is 14.3. The number of unbranched alkanes of at least 4 members (excludes halogenated alkanes) is 1. The molecular weight excluding hydrogens is 594 g/mol. The number of amides is 2. The van der Waals surface area contributed by atoms with Crippen LogP contribution in [0.1, 0.15) is 37.8 Å². The number of sulfonamides is 1. The van der Waals surface area contributed by atoms with E-state index in [9.17, 15) is 18.0 Å². The average Bonchev–Trinajstić information content (AvgIpc) is 2.95.